The Bertz CT molecular complexity index is 1950. The Morgan fingerprint density at radius 3 is 2.31 bits per heavy atom. The predicted molar refractivity (Wildman–Crippen MR) is 160 cm³/mol. The van der Waals surface area contributed by atoms with Crippen LogP contribution in [-0.4, -0.2) is 34.8 Å². The van der Waals surface area contributed by atoms with Gasteiger partial charge < -0.3 is 5.73 Å². The summed E-state index contributed by atoms with van der Waals surface area (Å²) in [6, 6.07) is 17.4. The van der Waals surface area contributed by atoms with Gasteiger partial charge in [-0.25, -0.2) is 4.79 Å². The van der Waals surface area contributed by atoms with Crippen LogP contribution in [0.5, 0.6) is 0 Å². The van der Waals surface area contributed by atoms with E-state index >= 15 is 0 Å². The van der Waals surface area contributed by atoms with Crippen molar-refractivity contribution in [1.82, 2.24) is 28.9 Å². The van der Waals surface area contributed by atoms with Gasteiger partial charge >= 0.3 is 5.69 Å². The van der Waals surface area contributed by atoms with Gasteiger partial charge in [0.15, 0.2) is 0 Å². The van der Waals surface area contributed by atoms with Crippen LogP contribution in [0.2, 0.25) is 0 Å². The molecule has 6 rings (SSSR count). The van der Waals surface area contributed by atoms with Crippen molar-refractivity contribution >= 4 is 50.4 Å². The summed E-state index contributed by atoms with van der Waals surface area (Å²) in [5.74, 6) is -0.425. The number of rotatable bonds is 5. The number of imidazole rings is 1. The number of nitrogens with zero attached hydrogens (tertiary/aromatic N) is 6. The molecule has 9 nitrogen and oxygen atoms in total. The minimum absolute atomic E-state index is 0.188. The second-order valence-corrected chi connectivity index (χ2v) is 11.8. The molecular weight excluding hydrogens is 605 g/mol. The molecule has 1 unspecified atom stereocenters. The highest BCUT2D eigenvalue weighted by Gasteiger charge is 2.29. The number of benzene rings is 2. The Kier molecular flexibility index (Phi) is 5.87. The highest BCUT2D eigenvalue weighted by Crippen LogP contribution is 2.33. The van der Waals surface area contributed by atoms with E-state index in [0.717, 1.165) is 49.9 Å². The Morgan fingerprint density at radius 1 is 0.923 bits per heavy atom. The maximum absolute atomic E-state index is 13.5. The van der Waals surface area contributed by atoms with Gasteiger partial charge in [0.1, 0.15) is 3.42 Å². The van der Waals surface area contributed by atoms with Crippen molar-refractivity contribution in [3.8, 4) is 28.1 Å². The molecule has 0 aliphatic rings. The molecule has 39 heavy (non-hydrogen) atoms. The number of pyridine rings is 2. The second-order valence-electron chi connectivity index (χ2n) is 9.65. The Labute approximate surface area is 237 Å². The Balaban J connectivity index is 1.50. The first-order valence-electron chi connectivity index (χ1n) is 12.2. The number of halogens is 1. The molecule has 0 fully saturated rings. The molecule has 2 N–H and O–H groups in total. The SMILES string of the molecule is Cn1cc(-c2ccc(-c3ccc4ncc5c(c4c3)n(-c3ccc(C(C)(I)C(N)=O)cc3)c(=O)n5C)cn2)cn1. The molecule has 1 atom stereocenters. The van der Waals surface area contributed by atoms with E-state index < -0.39 is 9.33 Å². The molecule has 1 amide bonds. The summed E-state index contributed by atoms with van der Waals surface area (Å²) < 4.78 is 4.17. The summed E-state index contributed by atoms with van der Waals surface area (Å²) >= 11 is 2.05. The highest BCUT2D eigenvalue weighted by molar-refractivity contribution is 14.1. The van der Waals surface area contributed by atoms with Crippen molar-refractivity contribution in [2.24, 2.45) is 19.8 Å². The zero-order valence-corrected chi connectivity index (χ0v) is 23.6. The fraction of sp³-hybridized carbons (Fsp3) is 0.138. The Morgan fingerprint density at radius 2 is 1.67 bits per heavy atom. The number of aromatic nitrogens is 6. The monoisotopic (exact) mass is 629 g/mol. The van der Waals surface area contributed by atoms with Crippen molar-refractivity contribution < 1.29 is 4.79 Å². The maximum atomic E-state index is 13.5. The summed E-state index contributed by atoms with van der Waals surface area (Å²) in [5, 5.41) is 5.07. The molecule has 0 radical (unpaired) electrons. The van der Waals surface area contributed by atoms with Gasteiger partial charge in [0, 0.05) is 43.0 Å². The number of nitrogens with two attached hydrogens (primary N) is 1. The van der Waals surface area contributed by atoms with Gasteiger partial charge in [0.25, 0.3) is 0 Å². The van der Waals surface area contributed by atoms with E-state index in [1.807, 2.05) is 96.6 Å². The molecule has 4 aromatic heterocycles. The van der Waals surface area contributed by atoms with Crippen LogP contribution in [-0.2, 0) is 22.3 Å². The van der Waals surface area contributed by atoms with Crippen LogP contribution in [0, 0.1) is 0 Å². The lowest BCUT2D eigenvalue weighted by Crippen LogP contribution is -2.32. The maximum Gasteiger partial charge on any atom is 0.333 e. The third kappa shape index (κ3) is 4.11. The number of hydrogen-bond acceptors (Lipinski definition) is 5. The van der Waals surface area contributed by atoms with E-state index in [2.05, 4.69) is 15.1 Å². The molecule has 0 spiro atoms. The number of fused-ring (bicyclic) bond motifs is 3. The summed E-state index contributed by atoms with van der Waals surface area (Å²) in [6.45, 7) is 1.77. The molecule has 6 aromatic rings. The molecule has 0 aliphatic heterocycles. The van der Waals surface area contributed by atoms with E-state index in [1.54, 1.807) is 40.2 Å². The average Bonchev–Trinajstić information content (AvgIpc) is 3.49. The number of carbonyl (C=O) groups is 1. The van der Waals surface area contributed by atoms with E-state index in [-0.39, 0.29) is 5.69 Å². The van der Waals surface area contributed by atoms with Crippen LogP contribution in [0.25, 0.3) is 50.0 Å². The topological polar surface area (TPSA) is 114 Å². The number of amides is 1. The first-order valence-corrected chi connectivity index (χ1v) is 13.3. The molecule has 0 aliphatic carbocycles. The van der Waals surface area contributed by atoms with Crippen LogP contribution in [0.4, 0.5) is 0 Å². The fourth-order valence-corrected chi connectivity index (χ4v) is 5.13. The fourth-order valence-electron chi connectivity index (χ4n) is 4.77. The highest BCUT2D eigenvalue weighted by atomic mass is 127. The van der Waals surface area contributed by atoms with Crippen molar-refractivity contribution in [2.75, 3.05) is 0 Å². The third-order valence-electron chi connectivity index (χ3n) is 7.11. The van der Waals surface area contributed by atoms with E-state index in [4.69, 9.17) is 5.73 Å². The number of carbonyl (C=O) groups excluding carboxylic acids is 1. The minimum Gasteiger partial charge on any atom is -0.368 e. The number of hydrogen-bond donors (Lipinski definition) is 1. The molecule has 2 aromatic carbocycles. The average molecular weight is 629 g/mol. The van der Waals surface area contributed by atoms with Gasteiger partial charge in [-0.3, -0.25) is 28.6 Å². The van der Waals surface area contributed by atoms with Crippen LogP contribution < -0.4 is 11.4 Å². The lowest BCUT2D eigenvalue weighted by atomic mass is 10.00. The predicted octanol–water partition coefficient (Wildman–Crippen LogP) is 4.48. The molecule has 0 saturated carbocycles. The van der Waals surface area contributed by atoms with Crippen molar-refractivity contribution in [1.29, 1.82) is 0 Å². The van der Waals surface area contributed by atoms with Crippen LogP contribution in [0.3, 0.4) is 0 Å². The molecular formula is C29H24IN7O2. The first kappa shape index (κ1) is 25.0. The summed E-state index contributed by atoms with van der Waals surface area (Å²) in [7, 11) is 3.61. The van der Waals surface area contributed by atoms with Crippen LogP contribution >= 0.6 is 22.6 Å². The van der Waals surface area contributed by atoms with E-state index in [1.165, 1.54) is 0 Å². The van der Waals surface area contributed by atoms with E-state index in [9.17, 15) is 9.59 Å². The summed E-state index contributed by atoms with van der Waals surface area (Å²) in [5.41, 5.74) is 12.8. The van der Waals surface area contributed by atoms with Crippen molar-refractivity contribution in [2.45, 2.75) is 10.3 Å². The van der Waals surface area contributed by atoms with Crippen molar-refractivity contribution in [3.63, 3.8) is 0 Å². The lowest BCUT2D eigenvalue weighted by molar-refractivity contribution is -0.119. The van der Waals surface area contributed by atoms with Crippen LogP contribution in [0.1, 0.15) is 12.5 Å². The number of aryl methyl sites for hydroxylation is 2. The molecule has 4 heterocycles. The van der Waals surface area contributed by atoms with Gasteiger partial charge in [0.05, 0.1) is 40.3 Å². The van der Waals surface area contributed by atoms with Gasteiger partial charge in [0.2, 0.25) is 5.91 Å². The standard InChI is InChI=1S/C29H24IN7O2/c1-29(30,27(31)38)20-6-8-21(9-7-20)37-26-22-12-17(4-11-24(22)33-15-25(26)36(3)28(37)39)18-5-10-23(32-13-18)19-14-34-35(2)16-19/h4-16H,1-3H3,(H2,31,38). The molecule has 0 saturated heterocycles. The smallest absolute Gasteiger partial charge is 0.333 e. The number of primary amides is 1. The Hall–Kier alpha value is -4.32. The minimum atomic E-state index is -0.855. The van der Waals surface area contributed by atoms with Gasteiger partial charge in [-0.2, -0.15) is 5.10 Å². The third-order valence-corrected chi connectivity index (χ3v) is 8.27. The zero-order valence-electron chi connectivity index (χ0n) is 21.5. The number of alkyl halides is 1. The quantitative estimate of drug-likeness (QED) is 0.223. The van der Waals surface area contributed by atoms with Gasteiger partial charge in [-0.1, -0.05) is 46.9 Å². The van der Waals surface area contributed by atoms with Gasteiger partial charge in [-0.15, -0.1) is 0 Å². The normalized spacial score (nSPS) is 13.1. The largest absolute Gasteiger partial charge is 0.368 e. The first-order chi connectivity index (χ1) is 18.6. The second kappa shape index (κ2) is 9.16. The van der Waals surface area contributed by atoms with Gasteiger partial charge in [-0.05, 0) is 48.4 Å². The molecule has 194 valence electrons. The lowest BCUT2D eigenvalue weighted by Gasteiger charge is -2.19. The zero-order chi connectivity index (χ0) is 27.5. The summed E-state index contributed by atoms with van der Waals surface area (Å²) in [4.78, 5) is 34.7. The molecule has 0 bridgehead atoms. The molecule has 10 heteroatoms. The van der Waals surface area contributed by atoms with Crippen molar-refractivity contribution in [3.05, 3.63) is 95.4 Å². The summed E-state index contributed by atoms with van der Waals surface area (Å²) in [6.07, 6.45) is 7.28. The van der Waals surface area contributed by atoms with Crippen LogP contribution in [0.15, 0.2) is 84.2 Å². The van der Waals surface area contributed by atoms with E-state index in [0.29, 0.717) is 5.69 Å².